The van der Waals surface area contributed by atoms with E-state index in [0.29, 0.717) is 5.56 Å². The van der Waals surface area contributed by atoms with Crippen LogP contribution in [0.25, 0.3) is 10.9 Å². The minimum atomic E-state index is -0.331. The number of anilines is 1. The van der Waals surface area contributed by atoms with Crippen LogP contribution < -0.4 is 10.5 Å². The molecule has 0 radical (unpaired) electrons. The first-order valence-corrected chi connectivity index (χ1v) is 14.0. The van der Waals surface area contributed by atoms with Gasteiger partial charge < -0.3 is 9.88 Å². The normalized spacial score (nSPS) is 18.2. The third-order valence-electron chi connectivity index (χ3n) is 8.17. The van der Waals surface area contributed by atoms with Gasteiger partial charge in [0.25, 0.3) is 5.56 Å². The number of nitrogens with one attached hydrogen (secondary N) is 1. The summed E-state index contributed by atoms with van der Waals surface area (Å²) in [5.74, 6) is 0.766. The molecule has 1 aliphatic heterocycles. The highest BCUT2D eigenvalue weighted by molar-refractivity contribution is 6.30. The summed E-state index contributed by atoms with van der Waals surface area (Å²) in [5, 5.41) is 15.0. The first-order valence-electron chi connectivity index (χ1n) is 13.6. The molecule has 2 fully saturated rings. The Morgan fingerprint density at radius 2 is 1.79 bits per heavy atom. The van der Waals surface area contributed by atoms with Crippen LogP contribution >= 0.6 is 11.6 Å². The summed E-state index contributed by atoms with van der Waals surface area (Å²) in [6.07, 6.45) is 5.76. The number of hydrogen-bond acceptors (Lipinski definition) is 6. The molecule has 198 valence electrons. The van der Waals surface area contributed by atoms with Crippen LogP contribution in [-0.4, -0.2) is 56.3 Å². The van der Waals surface area contributed by atoms with Gasteiger partial charge in [0, 0.05) is 53.4 Å². The number of rotatable bonds is 5. The fraction of sp³-hybridized carbons (Fsp3) is 0.448. The van der Waals surface area contributed by atoms with E-state index in [0.717, 1.165) is 77.6 Å². The lowest BCUT2D eigenvalue weighted by atomic mass is 9.94. The first kappa shape index (κ1) is 25.1. The third-order valence-corrected chi connectivity index (χ3v) is 8.41. The summed E-state index contributed by atoms with van der Waals surface area (Å²) in [6.45, 7) is 7.36. The number of H-pyrrole nitrogens is 1. The van der Waals surface area contributed by atoms with Crippen molar-refractivity contribution >= 4 is 28.2 Å². The number of pyridine rings is 1. The number of aryl methyl sites for hydroxylation is 2. The van der Waals surface area contributed by atoms with E-state index in [1.165, 1.54) is 19.3 Å². The number of nitrogens with zero attached hydrogens (tertiary/aromatic N) is 6. The van der Waals surface area contributed by atoms with E-state index < -0.39 is 0 Å². The number of halogens is 1. The number of aromatic amines is 1. The van der Waals surface area contributed by atoms with Gasteiger partial charge in [0.05, 0.1) is 6.04 Å². The molecule has 1 aliphatic carbocycles. The molecule has 1 saturated carbocycles. The van der Waals surface area contributed by atoms with Crippen molar-refractivity contribution in [3.63, 3.8) is 0 Å². The number of fused-ring (bicyclic) bond motifs is 1. The van der Waals surface area contributed by atoms with Gasteiger partial charge in [-0.3, -0.25) is 9.69 Å². The second-order valence-corrected chi connectivity index (χ2v) is 11.2. The number of aromatic nitrogens is 5. The minimum absolute atomic E-state index is 0.0806. The average molecular weight is 532 g/mol. The summed E-state index contributed by atoms with van der Waals surface area (Å²) in [6, 6.07) is 14.2. The van der Waals surface area contributed by atoms with E-state index in [2.05, 4.69) is 62.4 Å². The quantitative estimate of drug-likeness (QED) is 0.381. The van der Waals surface area contributed by atoms with E-state index in [1.807, 2.05) is 28.9 Å². The largest absolute Gasteiger partial charge is 0.369 e. The molecule has 0 unspecified atom stereocenters. The lowest BCUT2D eigenvalue weighted by molar-refractivity contribution is 0.192. The van der Waals surface area contributed by atoms with Crippen LogP contribution in [0.5, 0.6) is 0 Å². The van der Waals surface area contributed by atoms with Crippen molar-refractivity contribution in [3.8, 4) is 0 Å². The summed E-state index contributed by atoms with van der Waals surface area (Å²) >= 11 is 6.27. The molecule has 2 aliphatic rings. The van der Waals surface area contributed by atoms with Gasteiger partial charge >= 0.3 is 0 Å². The molecule has 1 atom stereocenters. The monoisotopic (exact) mass is 531 g/mol. The second kappa shape index (κ2) is 10.5. The Labute approximate surface area is 227 Å². The van der Waals surface area contributed by atoms with Crippen molar-refractivity contribution in [2.24, 2.45) is 0 Å². The van der Waals surface area contributed by atoms with Crippen LogP contribution in [0.1, 0.15) is 66.7 Å². The maximum Gasteiger partial charge on any atom is 0.253 e. The molecule has 0 spiro atoms. The van der Waals surface area contributed by atoms with E-state index in [1.54, 1.807) is 0 Å². The molecule has 6 rings (SSSR count). The molecule has 1 saturated heterocycles. The third kappa shape index (κ3) is 4.83. The number of tetrazole rings is 1. The molecule has 1 N–H and O–H groups in total. The summed E-state index contributed by atoms with van der Waals surface area (Å²) in [5.41, 5.74) is 4.89. The summed E-state index contributed by atoms with van der Waals surface area (Å²) in [7, 11) is 0. The van der Waals surface area contributed by atoms with Crippen molar-refractivity contribution in [1.29, 1.82) is 0 Å². The van der Waals surface area contributed by atoms with Gasteiger partial charge in [0.2, 0.25) is 0 Å². The fourth-order valence-electron chi connectivity index (χ4n) is 6.27. The van der Waals surface area contributed by atoms with Crippen LogP contribution in [0.2, 0.25) is 5.02 Å². The van der Waals surface area contributed by atoms with Crippen LogP contribution in [0, 0.1) is 13.8 Å². The molecule has 9 heteroatoms. The van der Waals surface area contributed by atoms with Crippen molar-refractivity contribution in [2.75, 3.05) is 31.1 Å². The number of benzene rings is 2. The van der Waals surface area contributed by atoms with Crippen molar-refractivity contribution < 1.29 is 0 Å². The van der Waals surface area contributed by atoms with Crippen LogP contribution in [-0.2, 0) is 0 Å². The second-order valence-electron chi connectivity index (χ2n) is 10.8. The molecule has 2 aromatic carbocycles. The molecule has 8 nitrogen and oxygen atoms in total. The van der Waals surface area contributed by atoms with E-state index in [4.69, 9.17) is 11.6 Å². The number of hydrogen-bond donors (Lipinski definition) is 1. The molecule has 0 amide bonds. The molecule has 2 aromatic heterocycles. The highest BCUT2D eigenvalue weighted by Crippen LogP contribution is 2.34. The summed E-state index contributed by atoms with van der Waals surface area (Å²) < 4.78 is 2.01. The lowest BCUT2D eigenvalue weighted by Gasteiger charge is -2.40. The Morgan fingerprint density at radius 1 is 1.00 bits per heavy atom. The zero-order valence-corrected chi connectivity index (χ0v) is 22.8. The van der Waals surface area contributed by atoms with Gasteiger partial charge in [0.1, 0.15) is 6.04 Å². The zero-order valence-electron chi connectivity index (χ0n) is 22.0. The Bertz CT molecular complexity index is 1500. The van der Waals surface area contributed by atoms with Crippen molar-refractivity contribution in [2.45, 2.75) is 58.0 Å². The van der Waals surface area contributed by atoms with Gasteiger partial charge in [-0.05, 0) is 78.6 Å². The minimum Gasteiger partial charge on any atom is -0.369 e. The van der Waals surface area contributed by atoms with Gasteiger partial charge in [-0.15, -0.1) is 5.10 Å². The summed E-state index contributed by atoms with van der Waals surface area (Å²) in [4.78, 5) is 21.6. The molecular formula is C29H34ClN7O. The van der Waals surface area contributed by atoms with Gasteiger partial charge in [-0.2, -0.15) is 0 Å². The molecule has 4 aromatic rings. The van der Waals surface area contributed by atoms with Crippen molar-refractivity contribution in [1.82, 2.24) is 30.1 Å². The van der Waals surface area contributed by atoms with Gasteiger partial charge in [-0.1, -0.05) is 43.0 Å². The average Bonchev–Trinajstić information content (AvgIpc) is 3.40. The Kier molecular flexibility index (Phi) is 6.93. The lowest BCUT2D eigenvalue weighted by Crippen LogP contribution is -2.49. The predicted octanol–water partition coefficient (Wildman–Crippen LogP) is 5.20. The SMILES string of the molecule is Cc1cc(C)c2cc([C@H](c3nnnn3C3CCCCC3)N3CCN(c4cccc(Cl)c4)CC3)c(=O)[nH]c2c1. The van der Waals surface area contributed by atoms with E-state index in [9.17, 15) is 4.79 Å². The van der Waals surface area contributed by atoms with Crippen molar-refractivity contribution in [3.05, 3.63) is 80.4 Å². The van der Waals surface area contributed by atoms with E-state index >= 15 is 0 Å². The van der Waals surface area contributed by atoms with Gasteiger partial charge in [-0.25, -0.2) is 4.68 Å². The maximum atomic E-state index is 13.7. The molecule has 0 bridgehead atoms. The van der Waals surface area contributed by atoms with Gasteiger partial charge in [0.15, 0.2) is 5.82 Å². The van der Waals surface area contributed by atoms with Crippen LogP contribution in [0.15, 0.2) is 47.3 Å². The first-order chi connectivity index (χ1) is 18.5. The Morgan fingerprint density at radius 3 is 2.55 bits per heavy atom. The van der Waals surface area contributed by atoms with Crippen LogP contribution in [0.3, 0.4) is 0 Å². The molecule has 3 heterocycles. The standard InChI is InChI=1S/C29H34ClN7O/c1-19-15-20(2)24-18-25(29(38)31-26(24)16-19)27(28-32-33-34-37(28)22-8-4-3-5-9-22)36-13-11-35(12-14-36)23-10-6-7-21(30)17-23/h6-7,10,15-18,22,27H,3-5,8-9,11-14H2,1-2H3,(H,31,38)/t27-/m1/s1. The Hall–Kier alpha value is -3.23. The van der Waals surface area contributed by atoms with Crippen LogP contribution in [0.4, 0.5) is 5.69 Å². The van der Waals surface area contributed by atoms with E-state index in [-0.39, 0.29) is 17.6 Å². The fourth-order valence-corrected chi connectivity index (χ4v) is 6.45. The smallest absolute Gasteiger partial charge is 0.253 e. The molecular weight excluding hydrogens is 498 g/mol. The number of piperazine rings is 1. The Balaban J connectivity index is 1.40. The highest BCUT2D eigenvalue weighted by Gasteiger charge is 2.34. The predicted molar refractivity (Wildman–Crippen MR) is 151 cm³/mol. The highest BCUT2D eigenvalue weighted by atomic mass is 35.5. The zero-order chi connectivity index (χ0) is 26.2. The molecule has 38 heavy (non-hydrogen) atoms. The topological polar surface area (TPSA) is 82.9 Å². The maximum absolute atomic E-state index is 13.7.